The van der Waals surface area contributed by atoms with E-state index in [1.165, 1.54) is 0 Å². The molecular formula is C18H28ClN3O3S. The normalized spacial score (nSPS) is 21.2. The molecular weight excluding hydrogens is 374 g/mol. The molecule has 3 rings (SSSR count). The highest BCUT2D eigenvalue weighted by molar-refractivity contribution is 7.89. The zero-order valence-electron chi connectivity index (χ0n) is 14.9. The van der Waals surface area contributed by atoms with Crippen molar-refractivity contribution in [2.75, 3.05) is 26.2 Å². The molecule has 0 saturated carbocycles. The zero-order valence-corrected chi connectivity index (χ0v) is 16.6. The second kappa shape index (κ2) is 9.69. The number of piperidine rings is 1. The summed E-state index contributed by atoms with van der Waals surface area (Å²) in [5, 5.41) is 6.34. The Kier molecular flexibility index (Phi) is 7.88. The summed E-state index contributed by atoms with van der Waals surface area (Å²) in [5.41, 5.74) is 0.984. The fraction of sp³-hybridized carbons (Fsp3) is 0.611. The smallest absolute Gasteiger partial charge is 0.243 e. The Labute approximate surface area is 162 Å². The number of halogens is 1. The van der Waals surface area contributed by atoms with Gasteiger partial charge in [-0.25, -0.2) is 8.42 Å². The number of sulfonamides is 1. The topological polar surface area (TPSA) is 78.5 Å². The minimum Gasteiger partial charge on any atom is -0.352 e. The van der Waals surface area contributed by atoms with Gasteiger partial charge in [-0.2, -0.15) is 4.31 Å². The van der Waals surface area contributed by atoms with Crippen molar-refractivity contribution in [3.8, 4) is 0 Å². The monoisotopic (exact) mass is 401 g/mol. The number of benzene rings is 1. The van der Waals surface area contributed by atoms with Crippen molar-refractivity contribution < 1.29 is 13.2 Å². The van der Waals surface area contributed by atoms with Crippen LogP contribution < -0.4 is 10.6 Å². The predicted octanol–water partition coefficient (Wildman–Crippen LogP) is 1.69. The van der Waals surface area contributed by atoms with Crippen molar-refractivity contribution in [3.05, 3.63) is 29.8 Å². The summed E-state index contributed by atoms with van der Waals surface area (Å²) in [5.74, 6) is 0.0578. The van der Waals surface area contributed by atoms with Crippen LogP contribution in [0.15, 0.2) is 29.2 Å². The molecule has 2 aliphatic heterocycles. The van der Waals surface area contributed by atoms with Gasteiger partial charge in [0, 0.05) is 32.1 Å². The Hall–Kier alpha value is -1.15. The van der Waals surface area contributed by atoms with Crippen LogP contribution in [0.2, 0.25) is 0 Å². The zero-order chi connectivity index (χ0) is 17.7. The quantitative estimate of drug-likeness (QED) is 0.760. The number of nitrogens with one attached hydrogen (secondary N) is 2. The highest BCUT2D eigenvalue weighted by atomic mass is 35.5. The third-order valence-corrected chi connectivity index (χ3v) is 6.84. The van der Waals surface area contributed by atoms with Gasteiger partial charge in [0.15, 0.2) is 0 Å². The van der Waals surface area contributed by atoms with Crippen LogP contribution >= 0.6 is 12.4 Å². The summed E-state index contributed by atoms with van der Waals surface area (Å²) in [7, 11) is -3.36. The van der Waals surface area contributed by atoms with Crippen LogP contribution in [0.25, 0.3) is 0 Å². The van der Waals surface area contributed by atoms with E-state index in [2.05, 4.69) is 10.6 Å². The second-order valence-corrected chi connectivity index (χ2v) is 8.80. The van der Waals surface area contributed by atoms with Crippen molar-refractivity contribution >= 4 is 28.3 Å². The largest absolute Gasteiger partial charge is 0.352 e. The molecule has 0 spiro atoms. The first-order valence-corrected chi connectivity index (χ1v) is 10.6. The molecule has 2 aliphatic rings. The highest BCUT2D eigenvalue weighted by Gasteiger charge is 2.26. The minimum atomic E-state index is -3.36. The van der Waals surface area contributed by atoms with Crippen molar-refractivity contribution in [3.63, 3.8) is 0 Å². The number of carbonyl (C=O) groups is 1. The molecule has 2 fully saturated rings. The fourth-order valence-corrected chi connectivity index (χ4v) is 4.96. The lowest BCUT2D eigenvalue weighted by molar-refractivity contribution is -0.121. The van der Waals surface area contributed by atoms with E-state index in [1.807, 2.05) is 12.1 Å². The Bertz CT molecular complexity index is 682. The molecule has 0 bridgehead atoms. The Balaban J connectivity index is 0.00000243. The van der Waals surface area contributed by atoms with Gasteiger partial charge in [0.2, 0.25) is 15.9 Å². The molecule has 1 aromatic carbocycles. The van der Waals surface area contributed by atoms with E-state index in [1.54, 1.807) is 16.4 Å². The predicted molar refractivity (Wildman–Crippen MR) is 104 cm³/mol. The van der Waals surface area contributed by atoms with Gasteiger partial charge in [-0.3, -0.25) is 4.79 Å². The van der Waals surface area contributed by atoms with Crippen LogP contribution in [-0.4, -0.2) is 50.9 Å². The average Bonchev–Trinajstić information content (AvgIpc) is 3.17. The van der Waals surface area contributed by atoms with Crippen molar-refractivity contribution in [2.24, 2.45) is 0 Å². The molecule has 146 valence electrons. The van der Waals surface area contributed by atoms with E-state index >= 15 is 0 Å². The molecule has 2 heterocycles. The molecule has 0 radical (unpaired) electrons. The molecule has 6 nitrogen and oxygen atoms in total. The summed E-state index contributed by atoms with van der Waals surface area (Å²) in [6.07, 6.45) is 5.04. The summed E-state index contributed by atoms with van der Waals surface area (Å²) >= 11 is 0. The van der Waals surface area contributed by atoms with Crippen LogP contribution in [0, 0.1) is 0 Å². The maximum atomic E-state index is 12.5. The first-order valence-electron chi connectivity index (χ1n) is 9.15. The van der Waals surface area contributed by atoms with Gasteiger partial charge in [0.05, 0.1) is 4.90 Å². The third kappa shape index (κ3) is 5.42. The molecule has 0 aliphatic carbocycles. The van der Waals surface area contributed by atoms with Gasteiger partial charge in [0.25, 0.3) is 0 Å². The van der Waals surface area contributed by atoms with Crippen LogP contribution in [0.1, 0.15) is 37.7 Å². The van der Waals surface area contributed by atoms with E-state index in [0.717, 1.165) is 44.3 Å². The van der Waals surface area contributed by atoms with E-state index < -0.39 is 10.0 Å². The van der Waals surface area contributed by atoms with Gasteiger partial charge in [-0.05, 0) is 56.3 Å². The lowest BCUT2D eigenvalue weighted by Crippen LogP contribution is -2.45. The molecule has 1 unspecified atom stereocenters. The van der Waals surface area contributed by atoms with E-state index in [9.17, 15) is 13.2 Å². The number of aryl methyl sites for hydroxylation is 1. The molecule has 8 heteroatoms. The number of hydrogen-bond donors (Lipinski definition) is 2. The molecule has 2 saturated heterocycles. The van der Waals surface area contributed by atoms with Crippen molar-refractivity contribution in [1.29, 1.82) is 0 Å². The molecule has 1 amide bonds. The number of rotatable bonds is 6. The van der Waals surface area contributed by atoms with E-state index in [0.29, 0.717) is 30.8 Å². The number of carbonyl (C=O) groups excluding carboxylic acids is 1. The molecule has 2 N–H and O–H groups in total. The third-order valence-electron chi connectivity index (χ3n) is 4.93. The summed E-state index contributed by atoms with van der Waals surface area (Å²) in [6.45, 7) is 3.09. The lowest BCUT2D eigenvalue weighted by Gasteiger charge is -2.23. The molecule has 1 atom stereocenters. The second-order valence-electron chi connectivity index (χ2n) is 6.87. The minimum absolute atomic E-state index is 0. The van der Waals surface area contributed by atoms with Crippen LogP contribution in [0.5, 0.6) is 0 Å². The Morgan fingerprint density at radius 1 is 1.15 bits per heavy atom. The molecule has 0 aromatic heterocycles. The van der Waals surface area contributed by atoms with Gasteiger partial charge in [-0.15, -0.1) is 12.4 Å². The Morgan fingerprint density at radius 2 is 1.85 bits per heavy atom. The standard InChI is InChI=1S/C18H27N3O3S.ClH/c22-18(20-16-4-3-11-19-14-16)10-7-15-5-8-17(9-6-15)25(23,24)21-12-1-2-13-21;/h5-6,8-9,16,19H,1-4,7,10-14H2,(H,20,22);1H. The lowest BCUT2D eigenvalue weighted by atomic mass is 10.1. The SMILES string of the molecule is Cl.O=C(CCc1ccc(S(=O)(=O)N2CCCC2)cc1)NC1CCCNC1. The van der Waals surface area contributed by atoms with Crippen LogP contribution in [-0.2, 0) is 21.2 Å². The maximum absolute atomic E-state index is 12.5. The van der Waals surface area contributed by atoms with Crippen molar-refractivity contribution in [1.82, 2.24) is 14.9 Å². The highest BCUT2D eigenvalue weighted by Crippen LogP contribution is 2.21. The Morgan fingerprint density at radius 3 is 2.46 bits per heavy atom. The van der Waals surface area contributed by atoms with Gasteiger partial charge in [0.1, 0.15) is 0 Å². The number of nitrogens with zero attached hydrogens (tertiary/aromatic N) is 1. The number of amides is 1. The van der Waals surface area contributed by atoms with Gasteiger partial charge >= 0.3 is 0 Å². The molecule has 26 heavy (non-hydrogen) atoms. The van der Waals surface area contributed by atoms with Crippen molar-refractivity contribution in [2.45, 2.75) is 49.5 Å². The fourth-order valence-electron chi connectivity index (χ4n) is 3.44. The summed E-state index contributed by atoms with van der Waals surface area (Å²) < 4.78 is 26.5. The first-order chi connectivity index (χ1) is 12.1. The van der Waals surface area contributed by atoms with Gasteiger partial charge in [-0.1, -0.05) is 12.1 Å². The van der Waals surface area contributed by atoms with Crippen LogP contribution in [0.4, 0.5) is 0 Å². The average molecular weight is 402 g/mol. The number of hydrogen-bond acceptors (Lipinski definition) is 4. The maximum Gasteiger partial charge on any atom is 0.243 e. The summed E-state index contributed by atoms with van der Waals surface area (Å²) in [4.78, 5) is 12.4. The van der Waals surface area contributed by atoms with E-state index in [4.69, 9.17) is 0 Å². The van der Waals surface area contributed by atoms with Crippen LogP contribution in [0.3, 0.4) is 0 Å². The first kappa shape index (κ1) is 21.2. The van der Waals surface area contributed by atoms with Gasteiger partial charge < -0.3 is 10.6 Å². The summed E-state index contributed by atoms with van der Waals surface area (Å²) in [6, 6.07) is 7.18. The van der Waals surface area contributed by atoms with E-state index in [-0.39, 0.29) is 24.4 Å². The molecule has 1 aromatic rings.